The van der Waals surface area contributed by atoms with E-state index in [4.69, 9.17) is 14.2 Å². The molecule has 0 radical (unpaired) electrons. The Bertz CT molecular complexity index is 748. The second kappa shape index (κ2) is 9.80. The molecule has 1 aliphatic rings. The highest BCUT2D eigenvalue weighted by atomic mass is 32.1. The van der Waals surface area contributed by atoms with E-state index >= 15 is 0 Å². The van der Waals surface area contributed by atoms with Gasteiger partial charge in [-0.05, 0) is 49.5 Å². The fourth-order valence-corrected chi connectivity index (χ4v) is 4.49. The average Bonchev–Trinajstić information content (AvgIpc) is 3.27. The second-order valence-electron chi connectivity index (χ2n) is 6.75. The Morgan fingerprint density at radius 3 is 2.32 bits per heavy atom. The summed E-state index contributed by atoms with van der Waals surface area (Å²) in [6.07, 6.45) is 3.71. The monoisotopic (exact) mass is 404 g/mol. The summed E-state index contributed by atoms with van der Waals surface area (Å²) in [6, 6.07) is 7.77. The average molecular weight is 405 g/mol. The molecular formula is C21H28N2O4S. The van der Waals surface area contributed by atoms with Gasteiger partial charge in [0.05, 0.1) is 27.4 Å². The highest BCUT2D eigenvalue weighted by molar-refractivity contribution is 7.10. The predicted octanol–water partition coefficient (Wildman–Crippen LogP) is 3.73. The summed E-state index contributed by atoms with van der Waals surface area (Å²) in [4.78, 5) is 16.6. The lowest BCUT2D eigenvalue weighted by Gasteiger charge is -2.34. The van der Waals surface area contributed by atoms with Crippen molar-refractivity contribution in [2.24, 2.45) is 0 Å². The Hall–Kier alpha value is -2.25. The first kappa shape index (κ1) is 20.5. The van der Waals surface area contributed by atoms with Gasteiger partial charge in [-0.1, -0.05) is 12.5 Å². The highest BCUT2D eigenvalue weighted by Gasteiger charge is 2.24. The number of rotatable bonds is 8. The minimum atomic E-state index is -0.155. The van der Waals surface area contributed by atoms with E-state index in [0.29, 0.717) is 29.4 Å². The van der Waals surface area contributed by atoms with Crippen LogP contribution < -0.4 is 19.5 Å². The maximum Gasteiger partial charge on any atom is 0.251 e. The lowest BCUT2D eigenvalue weighted by molar-refractivity contribution is 0.0925. The number of hydrogen-bond acceptors (Lipinski definition) is 6. The van der Waals surface area contributed by atoms with Crippen LogP contribution in [-0.2, 0) is 0 Å². The molecule has 1 amide bonds. The first-order valence-electron chi connectivity index (χ1n) is 9.53. The number of benzene rings is 1. The van der Waals surface area contributed by atoms with Crippen molar-refractivity contribution < 1.29 is 19.0 Å². The standard InChI is InChI=1S/C21H28N2O4S/c1-25-17-12-15(13-18(26-2)20(17)27-3)21(24)22-14-16(19-8-7-11-28-19)23-9-5-4-6-10-23/h7-8,11-13,16H,4-6,9-10,14H2,1-3H3,(H,22,24). The summed E-state index contributed by atoms with van der Waals surface area (Å²) >= 11 is 1.74. The zero-order chi connectivity index (χ0) is 19.9. The van der Waals surface area contributed by atoms with E-state index in [1.54, 1.807) is 44.8 Å². The molecule has 1 atom stereocenters. The largest absolute Gasteiger partial charge is 0.493 e. The summed E-state index contributed by atoms with van der Waals surface area (Å²) in [7, 11) is 4.63. The van der Waals surface area contributed by atoms with Crippen LogP contribution in [0.25, 0.3) is 0 Å². The number of amides is 1. The molecule has 1 aliphatic heterocycles. The molecular weight excluding hydrogens is 376 g/mol. The predicted molar refractivity (Wildman–Crippen MR) is 111 cm³/mol. The summed E-state index contributed by atoms with van der Waals surface area (Å²) < 4.78 is 16.0. The molecule has 3 rings (SSSR count). The first-order chi connectivity index (χ1) is 13.7. The summed E-state index contributed by atoms with van der Waals surface area (Å²) in [5.41, 5.74) is 0.484. The van der Waals surface area contributed by atoms with Gasteiger partial charge >= 0.3 is 0 Å². The van der Waals surface area contributed by atoms with Gasteiger partial charge < -0.3 is 19.5 Å². The van der Waals surface area contributed by atoms with Gasteiger partial charge in [0, 0.05) is 17.0 Å². The van der Waals surface area contributed by atoms with Crippen LogP contribution in [-0.4, -0.2) is 51.8 Å². The van der Waals surface area contributed by atoms with Crippen LogP contribution in [0.1, 0.15) is 40.5 Å². The molecule has 28 heavy (non-hydrogen) atoms. The first-order valence-corrected chi connectivity index (χ1v) is 10.4. The quantitative estimate of drug-likeness (QED) is 0.726. The van der Waals surface area contributed by atoms with Gasteiger partial charge in [0.15, 0.2) is 11.5 Å². The summed E-state index contributed by atoms with van der Waals surface area (Å²) in [5.74, 6) is 1.26. The second-order valence-corrected chi connectivity index (χ2v) is 7.73. The van der Waals surface area contributed by atoms with E-state index in [1.807, 2.05) is 0 Å². The number of piperidine rings is 1. The van der Waals surface area contributed by atoms with E-state index in [2.05, 4.69) is 27.7 Å². The van der Waals surface area contributed by atoms with Gasteiger partial charge in [0.2, 0.25) is 5.75 Å². The van der Waals surface area contributed by atoms with Crippen LogP contribution in [0, 0.1) is 0 Å². The van der Waals surface area contributed by atoms with E-state index in [9.17, 15) is 4.79 Å². The number of nitrogens with zero attached hydrogens (tertiary/aromatic N) is 1. The SMILES string of the molecule is COc1cc(C(=O)NCC(c2cccs2)N2CCCCC2)cc(OC)c1OC. The number of thiophene rings is 1. The van der Waals surface area contributed by atoms with E-state index in [-0.39, 0.29) is 11.9 Å². The van der Waals surface area contributed by atoms with Gasteiger partial charge in [0.1, 0.15) is 0 Å². The smallest absolute Gasteiger partial charge is 0.251 e. The van der Waals surface area contributed by atoms with Crippen molar-refractivity contribution in [2.45, 2.75) is 25.3 Å². The Morgan fingerprint density at radius 1 is 1.11 bits per heavy atom. The van der Waals surface area contributed by atoms with Crippen molar-refractivity contribution in [3.05, 3.63) is 40.1 Å². The van der Waals surface area contributed by atoms with Crippen LogP contribution in [0.5, 0.6) is 17.2 Å². The van der Waals surface area contributed by atoms with Gasteiger partial charge in [-0.25, -0.2) is 0 Å². The molecule has 1 fully saturated rings. The van der Waals surface area contributed by atoms with Crippen LogP contribution in [0.3, 0.4) is 0 Å². The fourth-order valence-electron chi connectivity index (χ4n) is 3.62. The van der Waals surface area contributed by atoms with E-state index < -0.39 is 0 Å². The van der Waals surface area contributed by atoms with Crippen molar-refractivity contribution in [1.82, 2.24) is 10.2 Å². The Balaban J connectivity index is 1.75. The van der Waals surface area contributed by atoms with Gasteiger partial charge in [-0.15, -0.1) is 11.3 Å². The third-order valence-corrected chi connectivity index (χ3v) is 6.06. The molecule has 0 bridgehead atoms. The molecule has 2 heterocycles. The molecule has 1 aromatic heterocycles. The Kier molecular flexibility index (Phi) is 7.17. The number of likely N-dealkylation sites (tertiary alicyclic amines) is 1. The van der Waals surface area contributed by atoms with Gasteiger partial charge in [-0.3, -0.25) is 9.69 Å². The molecule has 0 saturated carbocycles. The number of carbonyl (C=O) groups excluding carboxylic acids is 1. The Morgan fingerprint density at radius 2 is 1.79 bits per heavy atom. The number of carbonyl (C=O) groups is 1. The van der Waals surface area contributed by atoms with Crippen LogP contribution >= 0.6 is 11.3 Å². The van der Waals surface area contributed by atoms with Crippen molar-refractivity contribution in [1.29, 1.82) is 0 Å². The fraction of sp³-hybridized carbons (Fsp3) is 0.476. The molecule has 6 nitrogen and oxygen atoms in total. The van der Waals surface area contributed by atoms with Crippen molar-refractivity contribution >= 4 is 17.2 Å². The third-order valence-electron chi connectivity index (χ3n) is 5.09. The van der Waals surface area contributed by atoms with Crippen molar-refractivity contribution in [2.75, 3.05) is 41.0 Å². The highest BCUT2D eigenvalue weighted by Crippen LogP contribution is 2.38. The summed E-state index contributed by atoms with van der Waals surface area (Å²) in [6.45, 7) is 2.71. The zero-order valence-corrected chi connectivity index (χ0v) is 17.5. The molecule has 1 saturated heterocycles. The topological polar surface area (TPSA) is 60.0 Å². The van der Waals surface area contributed by atoms with Crippen LogP contribution in [0.4, 0.5) is 0 Å². The zero-order valence-electron chi connectivity index (χ0n) is 16.7. The minimum absolute atomic E-state index is 0.155. The maximum atomic E-state index is 12.9. The molecule has 2 aromatic rings. The van der Waals surface area contributed by atoms with Crippen molar-refractivity contribution in [3.8, 4) is 17.2 Å². The molecule has 1 unspecified atom stereocenters. The lowest BCUT2D eigenvalue weighted by atomic mass is 10.1. The minimum Gasteiger partial charge on any atom is -0.493 e. The van der Waals surface area contributed by atoms with E-state index in [1.165, 1.54) is 24.1 Å². The lowest BCUT2D eigenvalue weighted by Crippen LogP contribution is -2.40. The number of nitrogens with one attached hydrogen (secondary N) is 1. The normalized spacial score (nSPS) is 15.7. The molecule has 0 aliphatic carbocycles. The molecule has 152 valence electrons. The molecule has 1 N–H and O–H groups in total. The van der Waals surface area contributed by atoms with Crippen LogP contribution in [0.15, 0.2) is 29.6 Å². The number of methoxy groups -OCH3 is 3. The van der Waals surface area contributed by atoms with Gasteiger partial charge in [-0.2, -0.15) is 0 Å². The van der Waals surface area contributed by atoms with Crippen LogP contribution in [0.2, 0.25) is 0 Å². The van der Waals surface area contributed by atoms with E-state index in [0.717, 1.165) is 13.1 Å². The number of hydrogen-bond donors (Lipinski definition) is 1. The van der Waals surface area contributed by atoms with Gasteiger partial charge in [0.25, 0.3) is 5.91 Å². The molecule has 1 aromatic carbocycles. The third kappa shape index (κ3) is 4.59. The number of ether oxygens (including phenoxy) is 3. The maximum absolute atomic E-state index is 12.9. The molecule has 7 heteroatoms. The van der Waals surface area contributed by atoms with Crippen molar-refractivity contribution in [3.63, 3.8) is 0 Å². The molecule has 0 spiro atoms. The summed E-state index contributed by atoms with van der Waals surface area (Å²) in [5, 5.41) is 5.19. The Labute approximate surface area is 170 Å².